The van der Waals surface area contributed by atoms with Gasteiger partial charge in [0.05, 0.1) is 12.7 Å². The average Bonchev–Trinajstić information content (AvgIpc) is 3.29. The number of allylic oxidation sites excluding steroid dienone is 13. The first-order valence-electron chi connectivity index (χ1n) is 24.2. The fourth-order valence-corrected chi connectivity index (χ4v) is 8.26. The Morgan fingerprint density at radius 3 is 1.63 bits per heavy atom. The number of aliphatic hydroxyl groups excluding tert-OH is 5. The van der Waals surface area contributed by atoms with E-state index in [0.717, 1.165) is 77.0 Å². The third-order valence-corrected chi connectivity index (χ3v) is 12.0. The van der Waals surface area contributed by atoms with Crippen molar-refractivity contribution in [2.24, 2.45) is 0 Å². The molecule has 0 aromatic carbocycles. The van der Waals surface area contributed by atoms with E-state index in [1.165, 1.54) is 19.3 Å². The first kappa shape index (κ1) is 63.2. The molecule has 17 nitrogen and oxygen atoms in total. The van der Waals surface area contributed by atoms with Crippen LogP contribution in [0.4, 0.5) is 0 Å². The second kappa shape index (κ2) is 38.8. The van der Waals surface area contributed by atoms with E-state index < -0.39 is 89.6 Å². The summed E-state index contributed by atoms with van der Waals surface area (Å²) in [6, 6.07) is 0. The van der Waals surface area contributed by atoms with Crippen LogP contribution in [-0.2, 0) is 41.8 Å². The molecule has 0 aliphatic heterocycles. The van der Waals surface area contributed by atoms with Gasteiger partial charge in [0.25, 0.3) is 0 Å². The Balaban J connectivity index is 2.66. The van der Waals surface area contributed by atoms with E-state index in [2.05, 4.69) is 54.8 Å². The number of phosphoric acid groups is 2. The zero-order chi connectivity index (χ0) is 50.5. The third kappa shape index (κ3) is 32.9. The SMILES string of the molecule is CCCCC/C=C\C/C=C\C/C=C\CCCCCCC(=O)O[C@H](COC(=O)CCC/C=C\C/C=C\C/C=C\C=C\[C@H](O)CCCCC)COP(=O)(O)O[C@H]1C(O)C(O)C(O)[C@@H](OP(=O)(O)O)C1O. The molecule has 0 saturated heterocycles. The highest BCUT2D eigenvalue weighted by atomic mass is 31.2. The van der Waals surface area contributed by atoms with Crippen LogP contribution < -0.4 is 0 Å². The number of carbonyl (C=O) groups excluding carboxylic acids is 2. The van der Waals surface area contributed by atoms with Gasteiger partial charge in [0.2, 0.25) is 0 Å². The number of ether oxygens (including phenoxy) is 2. The predicted molar refractivity (Wildman–Crippen MR) is 261 cm³/mol. The lowest BCUT2D eigenvalue weighted by molar-refractivity contribution is -0.216. The van der Waals surface area contributed by atoms with Crippen molar-refractivity contribution in [2.45, 2.75) is 198 Å². The second-order valence-electron chi connectivity index (χ2n) is 16.7. The van der Waals surface area contributed by atoms with Crippen LogP contribution in [0, 0.1) is 0 Å². The Hall–Kier alpha value is -2.86. The topological polar surface area (TPSA) is 276 Å². The van der Waals surface area contributed by atoms with Gasteiger partial charge in [0.1, 0.15) is 43.2 Å². The lowest BCUT2D eigenvalue weighted by atomic mass is 9.85. The molecule has 390 valence electrons. The summed E-state index contributed by atoms with van der Waals surface area (Å²) in [5.41, 5.74) is 0. The summed E-state index contributed by atoms with van der Waals surface area (Å²) < 4.78 is 49.3. The van der Waals surface area contributed by atoms with Crippen molar-refractivity contribution >= 4 is 27.6 Å². The fourth-order valence-electron chi connectivity index (χ4n) is 6.72. The standard InChI is InChI=1S/C49H82O17P2/c1-3-5-7-8-9-10-11-12-13-14-15-16-19-23-26-29-33-37-43(52)64-41(39-63-68(60,61)66-49-46(55)44(53)45(54)48(47(49)56)65-67(57,58)59)38-62-42(51)36-32-28-25-22-20-17-18-21-24-27-31-35-40(50)34-30-6-4-2/h9-10,12-13,15-18,22,24-25,27,31,35,40-41,44-50,53-56H,3-8,11,14,19-21,23,26,28-30,32-34,36-39H2,1-2H3,(H,60,61)(H2,57,58,59)/b10-9-,13-12-,16-15-,18-17-,25-22-,27-24-,35-31+/t40-,41-,44?,45?,46?,47?,48-,49+/m1/s1. The molecule has 0 heterocycles. The van der Waals surface area contributed by atoms with E-state index in [1.54, 1.807) is 6.08 Å². The van der Waals surface area contributed by atoms with Gasteiger partial charge in [-0.3, -0.25) is 23.2 Å². The summed E-state index contributed by atoms with van der Waals surface area (Å²) in [5, 5.41) is 51.2. The van der Waals surface area contributed by atoms with E-state index in [1.807, 2.05) is 42.5 Å². The Morgan fingerprint density at radius 1 is 0.544 bits per heavy atom. The monoisotopic (exact) mass is 1000 g/mol. The lowest BCUT2D eigenvalue weighted by Gasteiger charge is -2.43. The van der Waals surface area contributed by atoms with Gasteiger partial charge < -0.3 is 49.7 Å². The Labute approximate surface area is 404 Å². The van der Waals surface area contributed by atoms with E-state index in [0.29, 0.717) is 25.7 Å². The quantitative estimate of drug-likeness (QED) is 0.00944. The zero-order valence-electron chi connectivity index (χ0n) is 40.1. The molecule has 5 unspecified atom stereocenters. The number of aliphatic hydroxyl groups is 5. The van der Waals surface area contributed by atoms with Gasteiger partial charge in [-0.2, -0.15) is 0 Å². The minimum Gasteiger partial charge on any atom is -0.462 e. The molecule has 0 radical (unpaired) electrons. The minimum atomic E-state index is -5.38. The highest BCUT2D eigenvalue weighted by molar-refractivity contribution is 7.47. The fraction of sp³-hybridized carbons (Fsp3) is 0.673. The zero-order valence-corrected chi connectivity index (χ0v) is 41.9. The first-order valence-corrected chi connectivity index (χ1v) is 27.3. The van der Waals surface area contributed by atoms with E-state index >= 15 is 0 Å². The van der Waals surface area contributed by atoms with E-state index in [9.17, 15) is 58.9 Å². The van der Waals surface area contributed by atoms with E-state index in [4.69, 9.17) is 18.5 Å². The average molecular weight is 1010 g/mol. The smallest absolute Gasteiger partial charge is 0.462 e. The van der Waals surface area contributed by atoms with Crippen molar-refractivity contribution in [2.75, 3.05) is 13.2 Å². The van der Waals surface area contributed by atoms with Crippen molar-refractivity contribution in [3.05, 3.63) is 85.1 Å². The predicted octanol–water partition coefficient (Wildman–Crippen LogP) is 8.36. The van der Waals surface area contributed by atoms with Crippen LogP contribution in [-0.4, -0.2) is 114 Å². The highest BCUT2D eigenvalue weighted by Gasteiger charge is 2.54. The molecule has 1 fully saturated rings. The second-order valence-corrected chi connectivity index (χ2v) is 19.3. The van der Waals surface area contributed by atoms with Crippen LogP contribution in [0.1, 0.15) is 149 Å². The van der Waals surface area contributed by atoms with Crippen LogP contribution in [0.5, 0.6) is 0 Å². The van der Waals surface area contributed by atoms with Gasteiger partial charge in [-0.05, 0) is 77.0 Å². The van der Waals surface area contributed by atoms with Crippen molar-refractivity contribution in [1.29, 1.82) is 0 Å². The molecule has 1 saturated carbocycles. The molecular weight excluding hydrogens is 922 g/mol. The molecule has 1 aliphatic rings. The largest absolute Gasteiger partial charge is 0.472 e. The number of unbranched alkanes of at least 4 members (excludes halogenated alkanes) is 10. The van der Waals surface area contributed by atoms with Crippen LogP contribution in [0.25, 0.3) is 0 Å². The van der Waals surface area contributed by atoms with Crippen molar-refractivity contribution < 1.29 is 82.0 Å². The van der Waals surface area contributed by atoms with Crippen molar-refractivity contribution in [3.8, 4) is 0 Å². The highest BCUT2D eigenvalue weighted by Crippen LogP contribution is 2.49. The molecule has 0 amide bonds. The summed E-state index contributed by atoms with van der Waals surface area (Å²) in [4.78, 5) is 54.3. The molecule has 1 aliphatic carbocycles. The van der Waals surface area contributed by atoms with Gasteiger partial charge in [-0.15, -0.1) is 0 Å². The maximum Gasteiger partial charge on any atom is 0.472 e. The molecule has 1 rings (SSSR count). The summed E-state index contributed by atoms with van der Waals surface area (Å²) in [5.74, 6) is -1.33. The number of esters is 2. The van der Waals surface area contributed by atoms with Crippen molar-refractivity contribution in [1.82, 2.24) is 0 Å². The lowest BCUT2D eigenvalue weighted by Crippen LogP contribution is -2.64. The molecular formula is C49H82O17P2. The summed E-state index contributed by atoms with van der Waals surface area (Å²) >= 11 is 0. The minimum absolute atomic E-state index is 0.00706. The number of rotatable bonds is 39. The Morgan fingerprint density at radius 2 is 1.04 bits per heavy atom. The van der Waals surface area contributed by atoms with Crippen molar-refractivity contribution in [3.63, 3.8) is 0 Å². The van der Waals surface area contributed by atoms with Gasteiger partial charge in [-0.1, -0.05) is 144 Å². The Bertz CT molecular complexity index is 1650. The number of phosphoric ester groups is 2. The number of hydrogen-bond acceptors (Lipinski definition) is 14. The Kier molecular flexibility index (Phi) is 36.1. The van der Waals surface area contributed by atoms with Gasteiger partial charge in [0, 0.05) is 12.8 Å². The molecule has 9 atom stereocenters. The normalized spacial score (nSPS) is 22.4. The third-order valence-electron chi connectivity index (χ3n) is 10.5. The molecule has 0 bridgehead atoms. The molecule has 0 spiro atoms. The first-order chi connectivity index (χ1) is 32.5. The number of carbonyl (C=O) groups is 2. The molecule has 68 heavy (non-hydrogen) atoms. The van der Waals surface area contributed by atoms with Gasteiger partial charge in [-0.25, -0.2) is 9.13 Å². The number of hydrogen-bond donors (Lipinski definition) is 8. The van der Waals surface area contributed by atoms with Gasteiger partial charge >= 0.3 is 27.6 Å². The maximum absolute atomic E-state index is 13.0. The van der Waals surface area contributed by atoms with Crippen LogP contribution in [0.15, 0.2) is 85.1 Å². The maximum atomic E-state index is 13.0. The summed E-state index contributed by atoms with van der Waals surface area (Å²) in [6.45, 7) is 2.88. The van der Waals surface area contributed by atoms with E-state index in [-0.39, 0.29) is 12.8 Å². The molecule has 8 N–H and O–H groups in total. The van der Waals surface area contributed by atoms with Crippen LogP contribution >= 0.6 is 15.6 Å². The van der Waals surface area contributed by atoms with Crippen LogP contribution in [0.2, 0.25) is 0 Å². The molecule has 19 heteroatoms. The van der Waals surface area contributed by atoms with Gasteiger partial charge in [0.15, 0.2) is 6.10 Å². The summed E-state index contributed by atoms with van der Waals surface area (Å²) in [6.07, 6.45) is 30.0. The summed E-state index contributed by atoms with van der Waals surface area (Å²) in [7, 11) is -10.7. The van der Waals surface area contributed by atoms with Crippen LogP contribution in [0.3, 0.4) is 0 Å². The molecule has 0 aromatic rings. The molecule has 0 aromatic heterocycles.